The van der Waals surface area contributed by atoms with Crippen molar-refractivity contribution in [1.29, 1.82) is 0 Å². The highest BCUT2D eigenvalue weighted by molar-refractivity contribution is 6.74. The summed E-state index contributed by atoms with van der Waals surface area (Å²) in [5.74, 6) is 0.127. The van der Waals surface area contributed by atoms with Crippen molar-refractivity contribution in [2.24, 2.45) is 0 Å². The zero-order valence-electron chi connectivity index (χ0n) is 15.6. The van der Waals surface area contributed by atoms with Gasteiger partial charge in [0.05, 0.1) is 12.7 Å². The lowest BCUT2D eigenvalue weighted by Gasteiger charge is -2.37. The normalized spacial score (nSPS) is 12.1. The van der Waals surface area contributed by atoms with Crippen LogP contribution in [0, 0.1) is 0 Å². The number of aliphatic hydroxyl groups is 1. The summed E-state index contributed by atoms with van der Waals surface area (Å²) >= 11 is 0. The minimum Gasteiger partial charge on any atom is -0.541 e. The van der Waals surface area contributed by atoms with E-state index in [1.807, 2.05) is 0 Å². The number of unbranched alkanes of at least 4 members (excludes halogenated alkanes) is 1. The second kappa shape index (κ2) is 8.03. The number of ether oxygens (including phenoxy) is 1. The lowest BCUT2D eigenvalue weighted by atomic mass is 10.00. The van der Waals surface area contributed by atoms with E-state index in [-0.39, 0.29) is 17.2 Å². The minimum atomic E-state index is -2.15. The van der Waals surface area contributed by atoms with Crippen LogP contribution in [-0.4, -0.2) is 38.2 Å². The molecule has 2 N–H and O–H groups in total. The van der Waals surface area contributed by atoms with Crippen molar-refractivity contribution >= 4 is 14.3 Å². The van der Waals surface area contributed by atoms with Crippen LogP contribution in [0.15, 0.2) is 12.1 Å². The van der Waals surface area contributed by atoms with Gasteiger partial charge < -0.3 is 19.4 Å². The molecular formula is C18H30O5Si. The molecule has 24 heavy (non-hydrogen) atoms. The van der Waals surface area contributed by atoms with Gasteiger partial charge in [-0.15, -0.1) is 0 Å². The smallest absolute Gasteiger partial charge is 0.336 e. The Labute approximate surface area is 145 Å². The van der Waals surface area contributed by atoms with Gasteiger partial charge in [0.1, 0.15) is 0 Å². The number of carbonyl (C=O) groups is 1. The Bertz CT molecular complexity index is 576. The van der Waals surface area contributed by atoms with Crippen LogP contribution < -0.4 is 9.16 Å². The van der Waals surface area contributed by atoms with E-state index in [1.165, 1.54) is 0 Å². The number of aromatic carboxylic acids is 1. The summed E-state index contributed by atoms with van der Waals surface area (Å²) in [5.41, 5.74) is 0.891. The molecule has 0 heterocycles. The number of methoxy groups -OCH3 is 1. The van der Waals surface area contributed by atoms with Crippen molar-refractivity contribution < 1.29 is 24.2 Å². The topological polar surface area (TPSA) is 76.0 Å². The number of hydrogen-bond acceptors (Lipinski definition) is 4. The van der Waals surface area contributed by atoms with Gasteiger partial charge in [-0.05, 0) is 49.5 Å². The third kappa shape index (κ3) is 4.74. The van der Waals surface area contributed by atoms with E-state index >= 15 is 0 Å². The number of benzene rings is 1. The molecule has 0 unspecified atom stereocenters. The fourth-order valence-corrected chi connectivity index (χ4v) is 3.19. The first kappa shape index (κ1) is 20.5. The Hall–Kier alpha value is -1.53. The molecule has 0 aliphatic heterocycles. The molecule has 5 nitrogen and oxygen atoms in total. The molecule has 136 valence electrons. The van der Waals surface area contributed by atoms with Crippen LogP contribution in [0.25, 0.3) is 0 Å². The molecule has 1 aromatic rings. The van der Waals surface area contributed by atoms with Crippen molar-refractivity contribution in [2.75, 3.05) is 13.7 Å². The monoisotopic (exact) mass is 354 g/mol. The fraction of sp³-hybridized carbons (Fsp3) is 0.611. The Balaban J connectivity index is 3.41. The molecule has 0 amide bonds. The second-order valence-corrected chi connectivity index (χ2v) is 12.2. The third-order valence-corrected chi connectivity index (χ3v) is 9.00. The second-order valence-electron chi connectivity index (χ2n) is 7.47. The minimum absolute atomic E-state index is 0.0143. The van der Waals surface area contributed by atoms with E-state index in [4.69, 9.17) is 14.3 Å². The van der Waals surface area contributed by atoms with Crippen LogP contribution >= 0.6 is 0 Å². The van der Waals surface area contributed by atoms with Gasteiger partial charge in [0.25, 0.3) is 8.32 Å². The molecule has 1 rings (SSSR count). The van der Waals surface area contributed by atoms with Gasteiger partial charge >= 0.3 is 5.97 Å². The SMILES string of the molecule is COc1ccc(C(=O)O)c(CCCCO)c1O[Si](C)(C)C(C)(C)C. The van der Waals surface area contributed by atoms with E-state index < -0.39 is 14.3 Å². The van der Waals surface area contributed by atoms with Crippen molar-refractivity contribution in [2.45, 2.75) is 58.2 Å². The number of rotatable bonds is 8. The lowest BCUT2D eigenvalue weighted by molar-refractivity contribution is 0.0695. The van der Waals surface area contributed by atoms with E-state index in [9.17, 15) is 9.90 Å². The highest BCUT2D eigenvalue weighted by Crippen LogP contribution is 2.42. The van der Waals surface area contributed by atoms with Gasteiger partial charge in [0.15, 0.2) is 11.5 Å². The Morgan fingerprint density at radius 2 is 1.83 bits per heavy atom. The highest BCUT2D eigenvalue weighted by atomic mass is 28.4. The zero-order chi connectivity index (χ0) is 18.5. The lowest BCUT2D eigenvalue weighted by Crippen LogP contribution is -2.44. The van der Waals surface area contributed by atoms with Crippen LogP contribution in [0.2, 0.25) is 18.1 Å². The van der Waals surface area contributed by atoms with E-state index in [1.54, 1.807) is 19.2 Å². The standard InChI is InChI=1S/C18H30O5Si/c1-18(2,3)24(5,6)23-16-13(9-7-8-12-19)14(17(20)21)10-11-15(16)22-4/h10-11,19H,7-9,12H2,1-6H3,(H,20,21). The van der Waals surface area contributed by atoms with E-state index in [0.717, 1.165) is 0 Å². The van der Waals surface area contributed by atoms with E-state index in [0.29, 0.717) is 36.3 Å². The van der Waals surface area contributed by atoms with Crippen LogP contribution in [0.3, 0.4) is 0 Å². The summed E-state index contributed by atoms with van der Waals surface area (Å²) in [7, 11) is -0.591. The van der Waals surface area contributed by atoms with Crippen molar-refractivity contribution in [3.05, 3.63) is 23.3 Å². The van der Waals surface area contributed by atoms with Crippen LogP contribution in [0.5, 0.6) is 11.5 Å². The van der Waals surface area contributed by atoms with Gasteiger partial charge in [-0.2, -0.15) is 0 Å². The molecule has 0 saturated carbocycles. The molecule has 0 aliphatic rings. The predicted molar refractivity (Wildman–Crippen MR) is 97.8 cm³/mol. The van der Waals surface area contributed by atoms with Crippen LogP contribution in [0.1, 0.15) is 49.5 Å². The first-order chi connectivity index (χ1) is 11.0. The van der Waals surface area contributed by atoms with E-state index in [2.05, 4.69) is 33.9 Å². The van der Waals surface area contributed by atoms with Gasteiger partial charge in [-0.3, -0.25) is 0 Å². The van der Waals surface area contributed by atoms with Gasteiger partial charge in [-0.25, -0.2) is 4.79 Å². The summed E-state index contributed by atoms with van der Waals surface area (Å²) in [5, 5.41) is 18.5. The summed E-state index contributed by atoms with van der Waals surface area (Å²) in [6.45, 7) is 10.7. The number of carboxylic acid groups (broad SMARTS) is 1. The third-order valence-electron chi connectivity index (χ3n) is 4.67. The molecule has 0 saturated heterocycles. The van der Waals surface area contributed by atoms with Gasteiger partial charge in [0.2, 0.25) is 0 Å². The molecule has 0 fully saturated rings. The Morgan fingerprint density at radius 1 is 1.21 bits per heavy atom. The van der Waals surface area contributed by atoms with Crippen molar-refractivity contribution in [1.82, 2.24) is 0 Å². The van der Waals surface area contributed by atoms with Crippen molar-refractivity contribution in [3.63, 3.8) is 0 Å². The van der Waals surface area contributed by atoms with Gasteiger partial charge in [-0.1, -0.05) is 20.8 Å². The summed E-state index contributed by atoms with van der Waals surface area (Å²) in [6, 6.07) is 3.22. The summed E-state index contributed by atoms with van der Waals surface area (Å²) < 4.78 is 11.9. The first-order valence-electron chi connectivity index (χ1n) is 8.28. The average Bonchev–Trinajstić information content (AvgIpc) is 2.46. The maximum Gasteiger partial charge on any atom is 0.336 e. The quantitative estimate of drug-likeness (QED) is 0.543. The largest absolute Gasteiger partial charge is 0.541 e. The number of hydrogen-bond donors (Lipinski definition) is 2. The summed E-state index contributed by atoms with van der Waals surface area (Å²) in [6.07, 6.45) is 1.84. The molecule has 0 aromatic heterocycles. The van der Waals surface area contributed by atoms with Crippen molar-refractivity contribution in [3.8, 4) is 11.5 Å². The van der Waals surface area contributed by atoms with Crippen LogP contribution in [-0.2, 0) is 6.42 Å². The maximum atomic E-state index is 11.6. The first-order valence-corrected chi connectivity index (χ1v) is 11.2. The predicted octanol–water partition coefficient (Wildman–Crippen LogP) is 4.09. The molecule has 1 aromatic carbocycles. The highest BCUT2D eigenvalue weighted by Gasteiger charge is 2.40. The molecule has 0 aliphatic carbocycles. The van der Waals surface area contributed by atoms with Gasteiger partial charge in [0, 0.05) is 12.2 Å². The Kier molecular flexibility index (Phi) is 6.86. The molecule has 0 atom stereocenters. The maximum absolute atomic E-state index is 11.6. The molecule has 6 heteroatoms. The number of carboxylic acids is 1. The fourth-order valence-electron chi connectivity index (χ4n) is 2.15. The summed E-state index contributed by atoms with van der Waals surface area (Å²) in [4.78, 5) is 11.6. The Morgan fingerprint density at radius 3 is 2.29 bits per heavy atom. The number of aliphatic hydroxyl groups excluding tert-OH is 1. The average molecular weight is 355 g/mol. The molecular weight excluding hydrogens is 324 g/mol. The zero-order valence-corrected chi connectivity index (χ0v) is 16.6. The molecule has 0 bridgehead atoms. The molecule has 0 spiro atoms. The molecule has 0 radical (unpaired) electrons. The van der Waals surface area contributed by atoms with Crippen LogP contribution in [0.4, 0.5) is 0 Å².